The van der Waals surface area contributed by atoms with E-state index in [4.69, 9.17) is 9.47 Å². The molecule has 84 valence electrons. The van der Waals surface area contributed by atoms with Crippen molar-refractivity contribution >= 4 is 5.69 Å². The van der Waals surface area contributed by atoms with Gasteiger partial charge in [-0.3, -0.25) is 0 Å². The number of hydrogen-bond acceptors (Lipinski definition) is 5. The largest absolute Gasteiger partial charge is 0.481 e. The molecule has 1 aromatic heterocycles. The quantitative estimate of drug-likeness (QED) is 0.719. The lowest BCUT2D eigenvalue weighted by molar-refractivity contribution is 0.0727. The van der Waals surface area contributed by atoms with E-state index in [1.54, 1.807) is 26.5 Å². The van der Waals surface area contributed by atoms with Gasteiger partial charge in [0.25, 0.3) is 0 Å². The minimum atomic E-state index is -0.519. The average molecular weight is 212 g/mol. The molecule has 0 aliphatic carbocycles. The predicted octanol–water partition coefficient (Wildman–Crippen LogP) is 0.509. The molecule has 1 rings (SSSR count). The van der Waals surface area contributed by atoms with Gasteiger partial charge in [-0.05, 0) is 6.07 Å². The smallest absolute Gasteiger partial charge is 0.214 e. The number of aliphatic hydroxyl groups excluding tert-OH is 1. The Kier molecular flexibility index (Phi) is 4.86. The van der Waals surface area contributed by atoms with Gasteiger partial charge in [0.05, 0.1) is 19.8 Å². The van der Waals surface area contributed by atoms with Crippen molar-refractivity contribution in [1.29, 1.82) is 0 Å². The minimum absolute atomic E-state index is 0.315. The molecule has 1 unspecified atom stereocenters. The lowest BCUT2D eigenvalue weighted by Crippen LogP contribution is -2.24. The fourth-order valence-corrected chi connectivity index (χ4v) is 1.12. The molecule has 0 spiro atoms. The van der Waals surface area contributed by atoms with Gasteiger partial charge in [0.1, 0.15) is 0 Å². The minimum Gasteiger partial charge on any atom is -0.481 e. The van der Waals surface area contributed by atoms with E-state index in [-0.39, 0.29) is 0 Å². The molecule has 0 aromatic carbocycles. The number of methoxy groups -OCH3 is 2. The molecule has 15 heavy (non-hydrogen) atoms. The van der Waals surface area contributed by atoms with Crippen LogP contribution in [-0.4, -0.2) is 43.6 Å². The van der Waals surface area contributed by atoms with E-state index in [0.717, 1.165) is 5.69 Å². The number of nitrogens with one attached hydrogen (secondary N) is 1. The Labute approximate surface area is 89.0 Å². The maximum absolute atomic E-state index is 9.40. The van der Waals surface area contributed by atoms with Gasteiger partial charge in [-0.1, -0.05) is 0 Å². The topological polar surface area (TPSA) is 63.6 Å². The molecule has 5 nitrogen and oxygen atoms in total. The van der Waals surface area contributed by atoms with Gasteiger partial charge in [0, 0.05) is 31.6 Å². The molecule has 0 amide bonds. The molecule has 1 atom stereocenters. The number of ether oxygens (including phenoxy) is 2. The van der Waals surface area contributed by atoms with Crippen molar-refractivity contribution in [1.82, 2.24) is 4.98 Å². The molecule has 0 aliphatic heterocycles. The summed E-state index contributed by atoms with van der Waals surface area (Å²) >= 11 is 0. The van der Waals surface area contributed by atoms with Crippen molar-refractivity contribution in [2.75, 3.05) is 32.7 Å². The summed E-state index contributed by atoms with van der Waals surface area (Å²) in [6.45, 7) is 0.746. The normalized spacial score (nSPS) is 12.2. The molecule has 0 saturated heterocycles. The molecular formula is C10H16N2O3. The molecule has 0 fully saturated rings. The third kappa shape index (κ3) is 4.14. The molecule has 2 N–H and O–H groups in total. The highest BCUT2D eigenvalue weighted by Gasteiger charge is 2.03. The van der Waals surface area contributed by atoms with Gasteiger partial charge < -0.3 is 19.9 Å². The van der Waals surface area contributed by atoms with Gasteiger partial charge in [0.15, 0.2) is 0 Å². The van der Waals surface area contributed by atoms with E-state index in [2.05, 4.69) is 10.3 Å². The van der Waals surface area contributed by atoms with Crippen molar-refractivity contribution in [3.8, 4) is 5.88 Å². The standard InChI is InChI=1S/C10H16N2O3/c1-14-7-9(13)6-12-8-3-4-11-10(5-8)15-2/h3-5,9,13H,6-7H2,1-2H3,(H,11,12). The zero-order valence-electron chi connectivity index (χ0n) is 8.93. The van der Waals surface area contributed by atoms with Crippen LogP contribution >= 0.6 is 0 Å². The lowest BCUT2D eigenvalue weighted by Gasteiger charge is -2.11. The maximum atomic E-state index is 9.40. The van der Waals surface area contributed by atoms with Crippen LogP contribution in [0.2, 0.25) is 0 Å². The highest BCUT2D eigenvalue weighted by molar-refractivity contribution is 5.44. The third-order valence-corrected chi connectivity index (χ3v) is 1.84. The summed E-state index contributed by atoms with van der Waals surface area (Å²) in [6.07, 6.45) is 1.12. The van der Waals surface area contributed by atoms with E-state index in [1.807, 2.05) is 6.07 Å². The fourth-order valence-electron chi connectivity index (χ4n) is 1.12. The number of aliphatic hydroxyl groups is 1. The molecule has 0 bridgehead atoms. The summed E-state index contributed by atoms with van der Waals surface area (Å²) in [5.74, 6) is 0.543. The number of pyridine rings is 1. The summed E-state index contributed by atoms with van der Waals surface area (Å²) in [6, 6.07) is 3.57. The molecule has 0 radical (unpaired) electrons. The second kappa shape index (κ2) is 6.21. The highest BCUT2D eigenvalue weighted by atomic mass is 16.5. The third-order valence-electron chi connectivity index (χ3n) is 1.84. The van der Waals surface area contributed by atoms with E-state index < -0.39 is 6.10 Å². The van der Waals surface area contributed by atoms with Gasteiger partial charge in [0.2, 0.25) is 5.88 Å². The molecule has 0 aliphatic rings. The Morgan fingerprint density at radius 2 is 2.33 bits per heavy atom. The Bertz CT molecular complexity index is 294. The molecule has 1 heterocycles. The first kappa shape index (κ1) is 11.7. The number of rotatable bonds is 6. The SMILES string of the molecule is COCC(O)CNc1ccnc(OC)c1. The summed E-state index contributed by atoms with van der Waals surface area (Å²) < 4.78 is 9.78. The predicted molar refractivity (Wildman–Crippen MR) is 57.2 cm³/mol. The first-order valence-electron chi connectivity index (χ1n) is 4.67. The average Bonchev–Trinajstić information content (AvgIpc) is 2.27. The molecular weight excluding hydrogens is 196 g/mol. The Hall–Kier alpha value is -1.33. The second-order valence-electron chi connectivity index (χ2n) is 3.08. The second-order valence-corrected chi connectivity index (χ2v) is 3.08. The molecule has 1 aromatic rings. The van der Waals surface area contributed by atoms with Crippen molar-refractivity contribution in [3.63, 3.8) is 0 Å². The summed E-state index contributed by atoms with van der Waals surface area (Å²) in [5, 5.41) is 12.5. The van der Waals surface area contributed by atoms with E-state index >= 15 is 0 Å². The zero-order chi connectivity index (χ0) is 11.1. The lowest BCUT2D eigenvalue weighted by atomic mass is 10.3. The molecule has 5 heteroatoms. The van der Waals surface area contributed by atoms with Gasteiger partial charge in [-0.2, -0.15) is 0 Å². The Morgan fingerprint density at radius 1 is 1.53 bits per heavy atom. The van der Waals surface area contributed by atoms with E-state index in [0.29, 0.717) is 19.0 Å². The van der Waals surface area contributed by atoms with Crippen LogP contribution in [0.4, 0.5) is 5.69 Å². The van der Waals surface area contributed by atoms with Gasteiger partial charge in [-0.15, -0.1) is 0 Å². The first-order valence-corrected chi connectivity index (χ1v) is 4.67. The first-order chi connectivity index (χ1) is 7.26. The van der Waals surface area contributed by atoms with Crippen LogP contribution in [0.5, 0.6) is 5.88 Å². The summed E-state index contributed by atoms with van der Waals surface area (Å²) in [5.41, 5.74) is 0.858. The summed E-state index contributed by atoms with van der Waals surface area (Å²) in [7, 11) is 3.12. The van der Waals surface area contributed by atoms with Crippen LogP contribution in [0.1, 0.15) is 0 Å². The maximum Gasteiger partial charge on any atom is 0.214 e. The van der Waals surface area contributed by atoms with Crippen LogP contribution in [-0.2, 0) is 4.74 Å². The van der Waals surface area contributed by atoms with Crippen molar-refractivity contribution in [2.24, 2.45) is 0 Å². The van der Waals surface area contributed by atoms with Crippen molar-refractivity contribution in [3.05, 3.63) is 18.3 Å². The van der Waals surface area contributed by atoms with Crippen LogP contribution in [0.15, 0.2) is 18.3 Å². The van der Waals surface area contributed by atoms with Crippen molar-refractivity contribution < 1.29 is 14.6 Å². The van der Waals surface area contributed by atoms with Crippen LogP contribution in [0.3, 0.4) is 0 Å². The Balaban J connectivity index is 2.43. The number of hydrogen-bond donors (Lipinski definition) is 2. The monoisotopic (exact) mass is 212 g/mol. The van der Waals surface area contributed by atoms with Crippen LogP contribution in [0, 0.1) is 0 Å². The van der Waals surface area contributed by atoms with E-state index in [9.17, 15) is 5.11 Å². The number of aromatic nitrogens is 1. The van der Waals surface area contributed by atoms with E-state index in [1.165, 1.54) is 0 Å². The van der Waals surface area contributed by atoms with Gasteiger partial charge >= 0.3 is 0 Å². The van der Waals surface area contributed by atoms with Crippen LogP contribution < -0.4 is 10.1 Å². The summed E-state index contributed by atoms with van der Waals surface area (Å²) in [4.78, 5) is 3.97. The molecule has 0 saturated carbocycles. The Morgan fingerprint density at radius 3 is 3.00 bits per heavy atom. The van der Waals surface area contributed by atoms with Gasteiger partial charge in [-0.25, -0.2) is 4.98 Å². The number of nitrogens with zero attached hydrogens (tertiary/aromatic N) is 1. The van der Waals surface area contributed by atoms with Crippen LogP contribution in [0.25, 0.3) is 0 Å². The van der Waals surface area contributed by atoms with Crippen molar-refractivity contribution in [2.45, 2.75) is 6.10 Å². The number of anilines is 1. The highest BCUT2D eigenvalue weighted by Crippen LogP contribution is 2.12. The zero-order valence-corrected chi connectivity index (χ0v) is 8.93. The fraction of sp³-hybridized carbons (Fsp3) is 0.500.